The van der Waals surface area contributed by atoms with Crippen LogP contribution in [-0.4, -0.2) is 18.1 Å². The van der Waals surface area contributed by atoms with Gasteiger partial charge in [0.2, 0.25) is 0 Å². The maximum absolute atomic E-state index is 12.1. The van der Waals surface area contributed by atoms with E-state index >= 15 is 0 Å². The number of amides is 1. The molecular formula is C20H16N2O3S. The number of thiophene rings is 1. The quantitative estimate of drug-likeness (QED) is 0.322. The Hall–Kier alpha value is -3.25. The maximum Gasteiger partial charge on any atom is 0.353 e. The van der Waals surface area contributed by atoms with E-state index in [2.05, 4.69) is 10.5 Å². The molecule has 0 unspecified atom stereocenters. The molecule has 0 saturated heterocycles. The van der Waals surface area contributed by atoms with Gasteiger partial charge in [0.25, 0.3) is 5.91 Å². The Balaban J connectivity index is 1.57. The Morgan fingerprint density at radius 1 is 1.04 bits per heavy atom. The molecule has 0 spiro atoms. The lowest BCUT2D eigenvalue weighted by atomic mass is 10.1. The molecule has 3 aromatic rings. The van der Waals surface area contributed by atoms with E-state index in [4.69, 9.17) is 4.74 Å². The van der Waals surface area contributed by atoms with E-state index in [0.29, 0.717) is 16.2 Å². The number of ether oxygens (including phenoxy) is 1. The smallest absolute Gasteiger partial charge is 0.353 e. The van der Waals surface area contributed by atoms with Crippen molar-refractivity contribution in [3.8, 4) is 5.75 Å². The number of rotatable bonds is 5. The number of hydrogen-bond acceptors (Lipinski definition) is 5. The fourth-order valence-electron chi connectivity index (χ4n) is 2.23. The summed E-state index contributed by atoms with van der Waals surface area (Å²) in [7, 11) is 0. The number of carbonyl (C=O) groups excluding carboxylic acids is 2. The lowest BCUT2D eigenvalue weighted by Crippen LogP contribution is -2.18. The van der Waals surface area contributed by atoms with Gasteiger partial charge >= 0.3 is 5.97 Å². The third kappa shape index (κ3) is 4.43. The average Bonchev–Trinajstić information content (AvgIpc) is 3.18. The number of nitrogens with one attached hydrogen (secondary N) is 1. The Morgan fingerprint density at radius 3 is 2.50 bits per heavy atom. The van der Waals surface area contributed by atoms with Crippen LogP contribution in [0.4, 0.5) is 0 Å². The van der Waals surface area contributed by atoms with Crippen LogP contribution < -0.4 is 10.2 Å². The topological polar surface area (TPSA) is 67.8 Å². The highest BCUT2D eigenvalue weighted by atomic mass is 32.1. The summed E-state index contributed by atoms with van der Waals surface area (Å²) in [6, 6.07) is 17.7. The van der Waals surface area contributed by atoms with Crippen molar-refractivity contribution in [1.82, 2.24) is 5.43 Å². The summed E-state index contributed by atoms with van der Waals surface area (Å²) in [6.45, 7) is 1.87. The highest BCUT2D eigenvalue weighted by molar-refractivity contribution is 7.12. The van der Waals surface area contributed by atoms with E-state index < -0.39 is 0 Å². The Bertz CT molecular complexity index is 932. The van der Waals surface area contributed by atoms with Crippen LogP contribution in [0.2, 0.25) is 0 Å². The molecule has 0 radical (unpaired) electrons. The summed E-state index contributed by atoms with van der Waals surface area (Å²) in [6.07, 6.45) is 1.53. The van der Waals surface area contributed by atoms with Gasteiger partial charge in [0.1, 0.15) is 10.6 Å². The normalized spacial score (nSPS) is 10.7. The summed E-state index contributed by atoms with van der Waals surface area (Å²) in [5.41, 5.74) is 4.74. The van der Waals surface area contributed by atoms with Gasteiger partial charge in [-0.15, -0.1) is 11.3 Å². The SMILES string of the molecule is Cc1ccccc1C(=O)N/N=C/c1ccc(OC(=O)c2cccs2)cc1. The maximum atomic E-state index is 12.1. The fourth-order valence-corrected chi connectivity index (χ4v) is 2.83. The van der Waals surface area contributed by atoms with E-state index in [1.165, 1.54) is 17.6 Å². The minimum Gasteiger partial charge on any atom is -0.422 e. The Kier molecular flexibility index (Phi) is 5.56. The highest BCUT2D eigenvalue weighted by Gasteiger charge is 2.09. The second kappa shape index (κ2) is 8.22. The van der Waals surface area contributed by atoms with E-state index in [9.17, 15) is 9.59 Å². The number of carbonyl (C=O) groups is 2. The molecule has 1 aromatic heterocycles. The summed E-state index contributed by atoms with van der Waals surface area (Å²) in [5.74, 6) is -0.197. The van der Waals surface area contributed by atoms with E-state index in [1.54, 1.807) is 42.5 Å². The van der Waals surface area contributed by atoms with Gasteiger partial charge in [0.15, 0.2) is 0 Å². The van der Waals surface area contributed by atoms with Crippen LogP contribution in [0, 0.1) is 6.92 Å². The number of hydrogen-bond donors (Lipinski definition) is 1. The van der Waals surface area contributed by atoms with Crippen molar-refractivity contribution in [3.63, 3.8) is 0 Å². The zero-order valence-corrected chi connectivity index (χ0v) is 14.8. The molecule has 26 heavy (non-hydrogen) atoms. The van der Waals surface area contributed by atoms with Crippen molar-refractivity contribution in [1.29, 1.82) is 0 Å². The Labute approximate surface area is 154 Å². The third-order valence-electron chi connectivity index (χ3n) is 3.58. The van der Waals surface area contributed by atoms with Crippen LogP contribution in [0.3, 0.4) is 0 Å². The van der Waals surface area contributed by atoms with Crippen LogP contribution in [-0.2, 0) is 0 Å². The first kappa shape index (κ1) is 17.6. The van der Waals surface area contributed by atoms with Crippen LogP contribution in [0.15, 0.2) is 71.1 Å². The van der Waals surface area contributed by atoms with Gasteiger partial charge in [-0.2, -0.15) is 5.10 Å². The van der Waals surface area contributed by atoms with Gasteiger partial charge in [-0.05, 0) is 59.8 Å². The number of aryl methyl sites for hydroxylation is 1. The van der Waals surface area contributed by atoms with Crippen molar-refractivity contribution in [2.45, 2.75) is 6.92 Å². The number of hydrazone groups is 1. The standard InChI is InChI=1S/C20H16N2O3S/c1-14-5-2-3-6-17(14)19(23)22-21-13-15-8-10-16(11-9-15)25-20(24)18-7-4-12-26-18/h2-13H,1H3,(H,22,23)/b21-13+. The summed E-state index contributed by atoms with van der Waals surface area (Å²) < 4.78 is 5.28. The largest absolute Gasteiger partial charge is 0.422 e. The van der Waals surface area contributed by atoms with E-state index in [-0.39, 0.29) is 11.9 Å². The zero-order chi connectivity index (χ0) is 18.4. The summed E-state index contributed by atoms with van der Waals surface area (Å²) in [5, 5.41) is 5.78. The second-order valence-corrected chi connectivity index (χ2v) is 6.40. The molecule has 5 nitrogen and oxygen atoms in total. The van der Waals surface area contributed by atoms with Gasteiger partial charge < -0.3 is 4.74 Å². The minimum atomic E-state index is -0.382. The number of esters is 1. The van der Waals surface area contributed by atoms with Crippen LogP contribution >= 0.6 is 11.3 Å². The van der Waals surface area contributed by atoms with Gasteiger partial charge in [0, 0.05) is 5.56 Å². The average molecular weight is 364 g/mol. The lowest BCUT2D eigenvalue weighted by Gasteiger charge is -2.04. The summed E-state index contributed by atoms with van der Waals surface area (Å²) >= 11 is 1.33. The first-order valence-corrected chi connectivity index (χ1v) is 8.76. The molecule has 0 aliphatic heterocycles. The highest BCUT2D eigenvalue weighted by Crippen LogP contribution is 2.16. The van der Waals surface area contributed by atoms with Crippen molar-refractivity contribution < 1.29 is 14.3 Å². The molecule has 0 fully saturated rings. The molecule has 0 aliphatic carbocycles. The fraction of sp³-hybridized carbons (Fsp3) is 0.0500. The van der Waals surface area contributed by atoms with Crippen LogP contribution in [0.5, 0.6) is 5.75 Å². The molecule has 1 amide bonds. The minimum absolute atomic E-state index is 0.263. The van der Waals surface area contributed by atoms with Crippen LogP contribution in [0.25, 0.3) is 0 Å². The molecule has 3 rings (SSSR count). The molecular weight excluding hydrogens is 348 g/mol. The van der Waals surface area contributed by atoms with Crippen LogP contribution in [0.1, 0.15) is 31.2 Å². The number of nitrogens with zero attached hydrogens (tertiary/aromatic N) is 1. The molecule has 0 atom stereocenters. The predicted octanol–water partition coefficient (Wildman–Crippen LogP) is 4.04. The molecule has 0 saturated carbocycles. The zero-order valence-electron chi connectivity index (χ0n) is 14.0. The van der Waals surface area contributed by atoms with Crippen molar-refractivity contribution in [3.05, 3.63) is 87.6 Å². The third-order valence-corrected chi connectivity index (χ3v) is 4.43. The van der Waals surface area contributed by atoms with Crippen molar-refractivity contribution in [2.75, 3.05) is 0 Å². The van der Waals surface area contributed by atoms with E-state index in [0.717, 1.165) is 11.1 Å². The molecule has 6 heteroatoms. The molecule has 1 N–H and O–H groups in total. The van der Waals surface area contributed by atoms with Crippen molar-refractivity contribution in [2.24, 2.45) is 5.10 Å². The molecule has 130 valence electrons. The van der Waals surface area contributed by atoms with E-state index in [1.807, 2.05) is 30.5 Å². The van der Waals surface area contributed by atoms with Gasteiger partial charge in [-0.3, -0.25) is 4.79 Å². The molecule has 2 aromatic carbocycles. The van der Waals surface area contributed by atoms with Gasteiger partial charge in [-0.25, -0.2) is 10.2 Å². The first-order chi connectivity index (χ1) is 12.6. The van der Waals surface area contributed by atoms with Gasteiger partial charge in [0.05, 0.1) is 6.21 Å². The Morgan fingerprint density at radius 2 is 1.81 bits per heavy atom. The summed E-state index contributed by atoms with van der Waals surface area (Å²) in [4.78, 5) is 24.5. The van der Waals surface area contributed by atoms with Crippen molar-refractivity contribution >= 4 is 29.4 Å². The lowest BCUT2D eigenvalue weighted by molar-refractivity contribution is 0.0739. The number of benzene rings is 2. The molecule has 1 heterocycles. The molecule has 0 bridgehead atoms. The van der Waals surface area contributed by atoms with Gasteiger partial charge in [-0.1, -0.05) is 24.3 Å². The monoisotopic (exact) mass is 364 g/mol. The second-order valence-electron chi connectivity index (χ2n) is 5.45. The predicted molar refractivity (Wildman–Crippen MR) is 102 cm³/mol. The molecule has 0 aliphatic rings. The first-order valence-electron chi connectivity index (χ1n) is 7.88.